The first-order chi connectivity index (χ1) is 15.6. The number of halogens is 1. The van der Waals surface area contributed by atoms with E-state index in [4.69, 9.17) is 16.3 Å². The van der Waals surface area contributed by atoms with Gasteiger partial charge in [0.2, 0.25) is 0 Å². The van der Waals surface area contributed by atoms with Gasteiger partial charge < -0.3 is 4.74 Å². The van der Waals surface area contributed by atoms with E-state index in [0.29, 0.717) is 11.5 Å². The second kappa shape index (κ2) is 15.7. The van der Waals surface area contributed by atoms with Gasteiger partial charge in [0.1, 0.15) is 11.5 Å². The first-order valence-electron chi connectivity index (χ1n) is 12.3. The fraction of sp³-hybridized carbons (Fsp3) is 0.556. The summed E-state index contributed by atoms with van der Waals surface area (Å²) in [5.74, 6) is 1.13. The van der Waals surface area contributed by atoms with Crippen LogP contribution in [0.25, 0.3) is 0 Å². The predicted octanol–water partition coefficient (Wildman–Crippen LogP) is 9.67. The van der Waals surface area contributed by atoms with Crippen LogP contribution >= 0.6 is 11.6 Å². The zero-order valence-corrected chi connectivity index (χ0v) is 20.2. The van der Waals surface area contributed by atoms with Gasteiger partial charge in [0.25, 0.3) is 5.69 Å². The van der Waals surface area contributed by atoms with Gasteiger partial charge in [0.05, 0.1) is 9.95 Å². The van der Waals surface area contributed by atoms with Crippen molar-refractivity contribution in [2.45, 2.75) is 96.8 Å². The van der Waals surface area contributed by atoms with Crippen molar-refractivity contribution in [2.24, 2.45) is 0 Å². The summed E-state index contributed by atoms with van der Waals surface area (Å²) < 4.78 is 5.85. The molecule has 0 bridgehead atoms. The van der Waals surface area contributed by atoms with Gasteiger partial charge in [0.15, 0.2) is 0 Å². The molecule has 0 atom stereocenters. The molecule has 0 spiro atoms. The molecule has 0 aliphatic rings. The Bertz CT molecular complexity index is 809. The van der Waals surface area contributed by atoms with E-state index in [0.717, 1.165) is 6.42 Å². The molecule has 5 heteroatoms. The van der Waals surface area contributed by atoms with Crippen molar-refractivity contribution in [1.82, 2.24) is 0 Å². The van der Waals surface area contributed by atoms with Crippen LogP contribution in [0.5, 0.6) is 11.5 Å². The molecule has 0 saturated heterocycles. The van der Waals surface area contributed by atoms with Crippen molar-refractivity contribution in [3.63, 3.8) is 0 Å². The summed E-state index contributed by atoms with van der Waals surface area (Å²) in [6.07, 6.45) is 18.7. The standard InChI is InChI=1S/C27H38ClNO3/c1-2-3-4-5-6-7-8-9-10-11-12-13-14-16-23-17-15-18-25(21-23)32-27-20-19-24(29(30)31)22-26(27)28/h15,17-22H,2-14,16H2,1H3. The third-order valence-corrected chi connectivity index (χ3v) is 6.12. The quantitative estimate of drug-likeness (QED) is 0.134. The van der Waals surface area contributed by atoms with Crippen molar-refractivity contribution in [3.05, 3.63) is 63.2 Å². The number of benzene rings is 2. The number of nitro benzene ring substituents is 1. The van der Waals surface area contributed by atoms with Gasteiger partial charge in [-0.3, -0.25) is 10.1 Å². The highest BCUT2D eigenvalue weighted by Crippen LogP contribution is 2.32. The molecular formula is C27H38ClNO3. The maximum Gasteiger partial charge on any atom is 0.271 e. The number of nitrogens with zero attached hydrogens (tertiary/aromatic N) is 1. The van der Waals surface area contributed by atoms with Gasteiger partial charge in [-0.1, -0.05) is 108 Å². The van der Waals surface area contributed by atoms with Crippen molar-refractivity contribution in [1.29, 1.82) is 0 Å². The van der Waals surface area contributed by atoms with Crippen LogP contribution in [0.4, 0.5) is 5.69 Å². The van der Waals surface area contributed by atoms with Crippen LogP contribution in [0, 0.1) is 10.1 Å². The third kappa shape index (κ3) is 10.5. The smallest absolute Gasteiger partial charge is 0.271 e. The Hall–Kier alpha value is -2.07. The summed E-state index contributed by atoms with van der Waals surface area (Å²) in [5, 5.41) is 11.1. The number of ether oxygens (including phenoxy) is 1. The Kier molecular flexibility index (Phi) is 12.8. The lowest BCUT2D eigenvalue weighted by Gasteiger charge is -2.09. The van der Waals surface area contributed by atoms with E-state index < -0.39 is 4.92 Å². The lowest BCUT2D eigenvalue weighted by molar-refractivity contribution is -0.384. The molecule has 32 heavy (non-hydrogen) atoms. The molecule has 0 aliphatic carbocycles. The van der Waals surface area contributed by atoms with Crippen molar-refractivity contribution >= 4 is 17.3 Å². The number of nitro groups is 1. The average molecular weight is 460 g/mol. The number of unbranched alkanes of at least 4 members (excludes halogenated alkanes) is 12. The van der Waals surface area contributed by atoms with E-state index in [1.54, 1.807) is 6.07 Å². The monoisotopic (exact) mass is 459 g/mol. The summed E-state index contributed by atoms with van der Waals surface area (Å²) in [5.41, 5.74) is 1.20. The van der Waals surface area contributed by atoms with Gasteiger partial charge in [-0.25, -0.2) is 0 Å². The van der Waals surface area contributed by atoms with E-state index in [1.807, 2.05) is 18.2 Å². The molecular weight excluding hydrogens is 422 g/mol. The van der Waals surface area contributed by atoms with E-state index in [1.165, 1.54) is 101 Å². The summed E-state index contributed by atoms with van der Waals surface area (Å²) in [4.78, 5) is 10.4. The topological polar surface area (TPSA) is 52.4 Å². The molecule has 2 rings (SSSR count). The fourth-order valence-corrected chi connectivity index (χ4v) is 4.14. The van der Waals surface area contributed by atoms with E-state index in [-0.39, 0.29) is 10.7 Å². The van der Waals surface area contributed by atoms with Gasteiger partial charge in [-0.05, 0) is 36.6 Å². The first-order valence-corrected chi connectivity index (χ1v) is 12.7. The Morgan fingerprint density at radius 2 is 1.41 bits per heavy atom. The maximum atomic E-state index is 10.8. The molecule has 0 aromatic heterocycles. The van der Waals surface area contributed by atoms with Gasteiger partial charge in [-0.2, -0.15) is 0 Å². The second-order valence-electron chi connectivity index (χ2n) is 8.61. The molecule has 0 unspecified atom stereocenters. The van der Waals surface area contributed by atoms with Crippen LogP contribution in [0.2, 0.25) is 5.02 Å². The van der Waals surface area contributed by atoms with E-state index in [9.17, 15) is 10.1 Å². The van der Waals surface area contributed by atoms with E-state index >= 15 is 0 Å². The van der Waals surface area contributed by atoms with Crippen LogP contribution in [0.3, 0.4) is 0 Å². The predicted molar refractivity (Wildman–Crippen MR) is 134 cm³/mol. The number of hydrogen-bond donors (Lipinski definition) is 0. The minimum atomic E-state index is -0.466. The number of non-ortho nitro benzene ring substituents is 1. The summed E-state index contributed by atoms with van der Waals surface area (Å²) >= 11 is 6.13. The molecule has 0 radical (unpaired) electrons. The molecule has 176 valence electrons. The van der Waals surface area contributed by atoms with Gasteiger partial charge in [0, 0.05) is 12.1 Å². The number of aryl methyl sites for hydroxylation is 1. The highest BCUT2D eigenvalue weighted by Gasteiger charge is 2.11. The minimum Gasteiger partial charge on any atom is -0.456 e. The summed E-state index contributed by atoms with van der Waals surface area (Å²) in [6.45, 7) is 2.27. The molecule has 0 amide bonds. The van der Waals surface area contributed by atoms with Crippen molar-refractivity contribution in [2.75, 3.05) is 0 Å². The molecule has 4 nitrogen and oxygen atoms in total. The zero-order valence-electron chi connectivity index (χ0n) is 19.5. The molecule has 0 saturated carbocycles. The molecule has 0 aliphatic heterocycles. The van der Waals surface area contributed by atoms with E-state index in [2.05, 4.69) is 13.0 Å². The average Bonchev–Trinajstić information content (AvgIpc) is 2.78. The molecule has 0 N–H and O–H groups in total. The Balaban J connectivity index is 1.59. The first kappa shape index (κ1) is 26.2. The Labute approximate surface area is 198 Å². The van der Waals surface area contributed by atoms with Gasteiger partial charge in [-0.15, -0.1) is 0 Å². The largest absolute Gasteiger partial charge is 0.456 e. The fourth-order valence-electron chi connectivity index (χ4n) is 3.92. The molecule has 2 aromatic rings. The SMILES string of the molecule is CCCCCCCCCCCCCCCc1cccc(Oc2ccc([N+](=O)[O-])cc2Cl)c1. The highest BCUT2D eigenvalue weighted by atomic mass is 35.5. The second-order valence-corrected chi connectivity index (χ2v) is 9.02. The van der Waals surface area contributed by atoms with Crippen LogP contribution in [0.1, 0.15) is 96.0 Å². The maximum absolute atomic E-state index is 10.8. The highest BCUT2D eigenvalue weighted by molar-refractivity contribution is 6.32. The van der Waals surface area contributed by atoms with Crippen LogP contribution in [0.15, 0.2) is 42.5 Å². The Morgan fingerprint density at radius 3 is 1.97 bits per heavy atom. The molecule has 0 heterocycles. The summed E-state index contributed by atoms with van der Waals surface area (Å²) in [6, 6.07) is 12.3. The van der Waals surface area contributed by atoms with Crippen molar-refractivity contribution < 1.29 is 9.66 Å². The lowest BCUT2D eigenvalue weighted by atomic mass is 10.0. The lowest BCUT2D eigenvalue weighted by Crippen LogP contribution is -1.91. The Morgan fingerprint density at radius 1 is 0.812 bits per heavy atom. The third-order valence-electron chi connectivity index (χ3n) is 5.82. The molecule has 2 aromatic carbocycles. The van der Waals surface area contributed by atoms with Crippen LogP contribution < -0.4 is 4.74 Å². The molecule has 0 fully saturated rings. The van der Waals surface area contributed by atoms with Crippen LogP contribution in [-0.4, -0.2) is 4.92 Å². The zero-order chi connectivity index (χ0) is 23.0. The normalized spacial score (nSPS) is 10.9. The minimum absolute atomic E-state index is 0.0430. The number of hydrogen-bond acceptors (Lipinski definition) is 3. The van der Waals surface area contributed by atoms with Crippen LogP contribution in [-0.2, 0) is 6.42 Å². The van der Waals surface area contributed by atoms with Crippen molar-refractivity contribution in [3.8, 4) is 11.5 Å². The van der Waals surface area contributed by atoms with Gasteiger partial charge >= 0.3 is 0 Å². The summed E-state index contributed by atoms with van der Waals surface area (Å²) in [7, 11) is 0. The number of rotatable bonds is 17.